The molecule has 0 spiro atoms. The minimum Gasteiger partial charge on any atom is -0.337 e. The second kappa shape index (κ2) is 6.75. The Morgan fingerprint density at radius 3 is 3.08 bits per heavy atom. The Hall–Kier alpha value is -2.81. The van der Waals surface area contributed by atoms with E-state index in [9.17, 15) is 14.9 Å². The Balaban J connectivity index is 1.75. The van der Waals surface area contributed by atoms with Crippen molar-refractivity contribution >= 4 is 11.6 Å². The molecule has 1 amide bonds. The second-order valence-electron chi connectivity index (χ2n) is 5.79. The van der Waals surface area contributed by atoms with Gasteiger partial charge in [0.2, 0.25) is 0 Å². The molecule has 3 rings (SSSR count). The summed E-state index contributed by atoms with van der Waals surface area (Å²) in [5.41, 5.74) is 0.696. The molecule has 1 aromatic heterocycles. The van der Waals surface area contributed by atoms with E-state index in [1.165, 1.54) is 23.0 Å². The highest BCUT2D eigenvalue weighted by Crippen LogP contribution is 2.19. The number of carbonyl (C=O) groups is 1. The third-order valence-electron chi connectivity index (χ3n) is 4.08. The zero-order valence-electron chi connectivity index (χ0n) is 13.3. The monoisotopic (exact) mass is 330 g/mol. The summed E-state index contributed by atoms with van der Waals surface area (Å²) in [7, 11) is 1.90. The van der Waals surface area contributed by atoms with Gasteiger partial charge in [-0.1, -0.05) is 11.3 Å². The summed E-state index contributed by atoms with van der Waals surface area (Å²) >= 11 is 0. The van der Waals surface area contributed by atoms with Crippen LogP contribution >= 0.6 is 0 Å². The summed E-state index contributed by atoms with van der Waals surface area (Å²) in [6.45, 7) is 2.28. The lowest BCUT2D eigenvalue weighted by Gasteiger charge is -2.14. The summed E-state index contributed by atoms with van der Waals surface area (Å²) in [5, 5.41) is 21.8. The number of hydrogen-bond donors (Lipinski definition) is 1. The van der Waals surface area contributed by atoms with Crippen molar-refractivity contribution in [3.63, 3.8) is 0 Å². The number of nitrogens with one attached hydrogen (secondary N) is 1. The van der Waals surface area contributed by atoms with Gasteiger partial charge in [-0.25, -0.2) is 4.68 Å². The van der Waals surface area contributed by atoms with Crippen molar-refractivity contribution in [3.8, 4) is 5.69 Å². The van der Waals surface area contributed by atoms with Gasteiger partial charge in [0.25, 0.3) is 11.6 Å². The zero-order valence-corrected chi connectivity index (χ0v) is 13.3. The molecule has 0 radical (unpaired) electrons. The molecule has 1 saturated heterocycles. The smallest absolute Gasteiger partial charge is 0.276 e. The van der Waals surface area contributed by atoms with Crippen molar-refractivity contribution < 1.29 is 9.72 Å². The van der Waals surface area contributed by atoms with Gasteiger partial charge in [-0.15, -0.1) is 5.10 Å². The topological polar surface area (TPSA) is 106 Å². The van der Waals surface area contributed by atoms with Crippen molar-refractivity contribution in [2.75, 3.05) is 26.7 Å². The SMILES string of the molecule is CNCC1CCN(C(=O)c2cn(-c3cccc([N+](=O)[O-])c3)nn2)C1. The standard InChI is InChI=1S/C15H18N6O3/c1-16-8-11-5-6-19(9-11)15(22)14-10-20(18-17-14)12-3-2-4-13(7-12)21(23)24/h2-4,7,10-11,16H,5-6,8-9H2,1H3. The normalized spacial score (nSPS) is 17.2. The van der Waals surface area contributed by atoms with Gasteiger partial charge in [-0.3, -0.25) is 14.9 Å². The van der Waals surface area contributed by atoms with Crippen LogP contribution in [-0.4, -0.2) is 57.4 Å². The summed E-state index contributed by atoms with van der Waals surface area (Å²) in [5.74, 6) is 0.288. The number of amides is 1. The molecule has 0 saturated carbocycles. The van der Waals surface area contributed by atoms with Crippen molar-refractivity contribution in [1.29, 1.82) is 0 Å². The van der Waals surface area contributed by atoms with E-state index < -0.39 is 4.92 Å². The van der Waals surface area contributed by atoms with Crippen molar-refractivity contribution in [2.24, 2.45) is 5.92 Å². The van der Waals surface area contributed by atoms with Crippen LogP contribution in [0.3, 0.4) is 0 Å². The third-order valence-corrected chi connectivity index (χ3v) is 4.08. The molecule has 9 heteroatoms. The lowest BCUT2D eigenvalue weighted by atomic mass is 10.1. The van der Waals surface area contributed by atoms with E-state index in [4.69, 9.17) is 0 Å². The third kappa shape index (κ3) is 3.25. The van der Waals surface area contributed by atoms with Crippen molar-refractivity contribution in [3.05, 3.63) is 46.3 Å². The van der Waals surface area contributed by atoms with E-state index in [0.717, 1.165) is 13.0 Å². The molecule has 1 fully saturated rings. The van der Waals surface area contributed by atoms with Gasteiger partial charge in [0.1, 0.15) is 0 Å². The van der Waals surface area contributed by atoms with Gasteiger partial charge in [-0.2, -0.15) is 0 Å². The van der Waals surface area contributed by atoms with E-state index in [1.807, 2.05) is 7.05 Å². The average molecular weight is 330 g/mol. The number of likely N-dealkylation sites (tertiary alicyclic amines) is 1. The highest BCUT2D eigenvalue weighted by atomic mass is 16.6. The lowest BCUT2D eigenvalue weighted by molar-refractivity contribution is -0.384. The van der Waals surface area contributed by atoms with Gasteiger partial charge in [0.15, 0.2) is 5.69 Å². The molecule has 9 nitrogen and oxygen atoms in total. The van der Waals surface area contributed by atoms with Crippen LogP contribution in [0.4, 0.5) is 5.69 Å². The Bertz CT molecular complexity index is 759. The number of nitro groups is 1. The molecular formula is C15H18N6O3. The van der Waals surface area contributed by atoms with E-state index >= 15 is 0 Å². The van der Waals surface area contributed by atoms with Crippen molar-refractivity contribution in [2.45, 2.75) is 6.42 Å². The maximum atomic E-state index is 12.5. The average Bonchev–Trinajstić information content (AvgIpc) is 3.24. The number of nitro benzene ring substituents is 1. The predicted molar refractivity (Wildman–Crippen MR) is 86.0 cm³/mol. The Morgan fingerprint density at radius 1 is 1.50 bits per heavy atom. The van der Waals surface area contributed by atoms with Gasteiger partial charge in [0.05, 0.1) is 16.8 Å². The maximum absolute atomic E-state index is 12.5. The largest absolute Gasteiger partial charge is 0.337 e. The van der Waals surface area contributed by atoms with Crippen LogP contribution in [0.15, 0.2) is 30.5 Å². The summed E-state index contributed by atoms with van der Waals surface area (Å²) < 4.78 is 1.38. The molecule has 1 unspecified atom stereocenters. The number of benzene rings is 1. The molecule has 1 aliphatic heterocycles. The van der Waals surface area contributed by atoms with Crippen LogP contribution in [0.5, 0.6) is 0 Å². The fourth-order valence-electron chi connectivity index (χ4n) is 2.87. The van der Waals surface area contributed by atoms with Gasteiger partial charge in [-0.05, 0) is 32.0 Å². The lowest BCUT2D eigenvalue weighted by Crippen LogP contribution is -2.30. The van der Waals surface area contributed by atoms with Crippen LogP contribution in [0.1, 0.15) is 16.9 Å². The molecule has 126 valence electrons. The van der Waals surface area contributed by atoms with Gasteiger partial charge >= 0.3 is 0 Å². The van der Waals surface area contributed by atoms with E-state index in [1.54, 1.807) is 17.0 Å². The number of hydrogen-bond acceptors (Lipinski definition) is 6. The molecule has 0 bridgehead atoms. The highest BCUT2D eigenvalue weighted by molar-refractivity contribution is 5.92. The predicted octanol–water partition coefficient (Wildman–Crippen LogP) is 0.857. The van der Waals surface area contributed by atoms with Crippen molar-refractivity contribution in [1.82, 2.24) is 25.2 Å². The van der Waals surface area contributed by atoms with Crippen LogP contribution in [0, 0.1) is 16.0 Å². The number of rotatable bonds is 5. The van der Waals surface area contributed by atoms with Crippen LogP contribution < -0.4 is 5.32 Å². The molecule has 2 aromatic rings. The minimum absolute atomic E-state index is 0.0367. The van der Waals surface area contributed by atoms with Crippen LogP contribution in [0.25, 0.3) is 5.69 Å². The molecule has 1 N–H and O–H groups in total. The first kappa shape index (κ1) is 16.1. The quantitative estimate of drug-likeness (QED) is 0.644. The van der Waals surface area contributed by atoms with Crippen LogP contribution in [0.2, 0.25) is 0 Å². The number of non-ortho nitro benzene ring substituents is 1. The first-order valence-corrected chi connectivity index (χ1v) is 7.69. The number of aromatic nitrogens is 3. The van der Waals surface area contributed by atoms with E-state index in [-0.39, 0.29) is 17.3 Å². The first-order valence-electron chi connectivity index (χ1n) is 7.69. The fraction of sp³-hybridized carbons (Fsp3) is 0.400. The Labute approximate surface area is 138 Å². The molecule has 2 heterocycles. The molecule has 0 aliphatic carbocycles. The molecule has 1 atom stereocenters. The highest BCUT2D eigenvalue weighted by Gasteiger charge is 2.28. The van der Waals surface area contributed by atoms with Crippen LogP contribution in [-0.2, 0) is 0 Å². The Kier molecular flexibility index (Phi) is 4.52. The minimum atomic E-state index is -0.474. The van der Waals surface area contributed by atoms with Gasteiger partial charge < -0.3 is 10.2 Å². The maximum Gasteiger partial charge on any atom is 0.276 e. The summed E-state index contributed by atoms with van der Waals surface area (Å²) in [6, 6.07) is 6.04. The molecule has 1 aromatic carbocycles. The molecule has 1 aliphatic rings. The molecule has 24 heavy (non-hydrogen) atoms. The van der Waals surface area contributed by atoms with E-state index in [0.29, 0.717) is 24.7 Å². The zero-order chi connectivity index (χ0) is 17.1. The fourth-order valence-corrected chi connectivity index (χ4v) is 2.87. The number of nitrogens with zero attached hydrogens (tertiary/aromatic N) is 5. The van der Waals surface area contributed by atoms with Gasteiger partial charge in [0, 0.05) is 25.2 Å². The summed E-state index contributed by atoms with van der Waals surface area (Å²) in [6.07, 6.45) is 2.47. The molecular weight excluding hydrogens is 312 g/mol. The Morgan fingerprint density at radius 2 is 2.33 bits per heavy atom. The number of carbonyl (C=O) groups excluding carboxylic acids is 1. The first-order chi connectivity index (χ1) is 11.6. The summed E-state index contributed by atoms with van der Waals surface area (Å²) in [4.78, 5) is 24.6. The second-order valence-corrected chi connectivity index (χ2v) is 5.79. The van der Waals surface area contributed by atoms with E-state index in [2.05, 4.69) is 15.6 Å².